The third-order valence-corrected chi connectivity index (χ3v) is 5.77. The fraction of sp³-hybridized carbons (Fsp3) is 0.320. The third-order valence-electron chi connectivity index (χ3n) is 5.54. The SMILES string of the molecule is C=CC(C)(O)CN(Cc1c(C)nn(-c2cccc(Cl)c2)c1Oc1ccccc1)C1CC1. The van der Waals surface area contributed by atoms with Gasteiger partial charge in [-0.25, -0.2) is 4.68 Å². The second kappa shape index (κ2) is 8.87. The smallest absolute Gasteiger partial charge is 0.227 e. The van der Waals surface area contributed by atoms with Gasteiger partial charge >= 0.3 is 0 Å². The minimum atomic E-state index is -0.958. The second-order valence-electron chi connectivity index (χ2n) is 8.37. The minimum absolute atomic E-state index is 0.449. The molecule has 6 heteroatoms. The topological polar surface area (TPSA) is 50.5 Å². The van der Waals surface area contributed by atoms with Crippen LogP contribution in [0.3, 0.4) is 0 Å². The fourth-order valence-corrected chi connectivity index (χ4v) is 3.83. The maximum Gasteiger partial charge on any atom is 0.227 e. The normalized spacial score (nSPS) is 15.6. The van der Waals surface area contributed by atoms with E-state index in [1.807, 2.05) is 61.5 Å². The Morgan fingerprint density at radius 3 is 2.65 bits per heavy atom. The lowest BCUT2D eigenvalue weighted by molar-refractivity contribution is 0.0549. The summed E-state index contributed by atoms with van der Waals surface area (Å²) in [5, 5.41) is 16.0. The number of rotatable bonds is 9. The molecule has 1 N–H and O–H groups in total. The molecule has 162 valence electrons. The Balaban J connectivity index is 1.74. The minimum Gasteiger partial charge on any atom is -0.439 e. The van der Waals surface area contributed by atoms with Crippen molar-refractivity contribution in [1.82, 2.24) is 14.7 Å². The average Bonchev–Trinajstić information content (AvgIpc) is 3.55. The van der Waals surface area contributed by atoms with Crippen LogP contribution in [0.1, 0.15) is 31.0 Å². The third kappa shape index (κ3) is 5.18. The molecule has 0 amide bonds. The van der Waals surface area contributed by atoms with Crippen molar-refractivity contribution in [2.75, 3.05) is 6.54 Å². The molecule has 1 unspecified atom stereocenters. The lowest BCUT2D eigenvalue weighted by Crippen LogP contribution is -2.40. The zero-order valence-corrected chi connectivity index (χ0v) is 18.7. The molecule has 0 spiro atoms. The Hall–Kier alpha value is -2.60. The van der Waals surface area contributed by atoms with Crippen LogP contribution in [0.15, 0.2) is 67.3 Å². The molecule has 31 heavy (non-hydrogen) atoms. The lowest BCUT2D eigenvalue weighted by Gasteiger charge is -2.29. The second-order valence-corrected chi connectivity index (χ2v) is 8.81. The van der Waals surface area contributed by atoms with E-state index in [1.54, 1.807) is 17.7 Å². The van der Waals surface area contributed by atoms with Gasteiger partial charge in [-0.15, -0.1) is 6.58 Å². The first kappa shape index (κ1) is 21.6. The number of aliphatic hydroxyl groups is 1. The zero-order chi connectivity index (χ0) is 22.0. The summed E-state index contributed by atoms with van der Waals surface area (Å²) in [5.74, 6) is 1.40. The van der Waals surface area contributed by atoms with E-state index in [2.05, 4.69) is 11.5 Å². The van der Waals surface area contributed by atoms with Gasteiger partial charge in [0.2, 0.25) is 5.88 Å². The van der Waals surface area contributed by atoms with Crippen molar-refractivity contribution in [1.29, 1.82) is 0 Å². The molecule has 0 aliphatic heterocycles. The first-order valence-electron chi connectivity index (χ1n) is 10.5. The molecule has 1 aromatic heterocycles. The molecule has 1 saturated carbocycles. The van der Waals surface area contributed by atoms with Gasteiger partial charge in [0.1, 0.15) is 5.75 Å². The monoisotopic (exact) mass is 437 g/mol. The Morgan fingerprint density at radius 2 is 2.00 bits per heavy atom. The summed E-state index contributed by atoms with van der Waals surface area (Å²) in [6.45, 7) is 8.70. The maximum absolute atomic E-state index is 10.6. The predicted octanol–water partition coefficient (Wildman–Crippen LogP) is 5.53. The maximum atomic E-state index is 10.6. The molecule has 0 radical (unpaired) electrons. The van der Waals surface area contributed by atoms with Crippen LogP contribution in [0, 0.1) is 6.92 Å². The van der Waals surface area contributed by atoms with Gasteiger partial charge in [-0.2, -0.15) is 5.10 Å². The van der Waals surface area contributed by atoms with E-state index in [4.69, 9.17) is 21.4 Å². The van der Waals surface area contributed by atoms with Crippen LogP contribution in [0.4, 0.5) is 0 Å². The average molecular weight is 438 g/mol. The largest absolute Gasteiger partial charge is 0.439 e. The molecule has 1 heterocycles. The van der Waals surface area contributed by atoms with Gasteiger partial charge in [0.15, 0.2) is 0 Å². The highest BCUT2D eigenvalue weighted by molar-refractivity contribution is 6.30. The highest BCUT2D eigenvalue weighted by atomic mass is 35.5. The van der Waals surface area contributed by atoms with E-state index in [9.17, 15) is 5.11 Å². The summed E-state index contributed by atoms with van der Waals surface area (Å²) < 4.78 is 8.17. The number of aromatic nitrogens is 2. The highest BCUT2D eigenvalue weighted by Crippen LogP contribution is 2.36. The van der Waals surface area contributed by atoms with Gasteiger partial charge < -0.3 is 9.84 Å². The number of para-hydroxylation sites is 1. The van der Waals surface area contributed by atoms with Gasteiger partial charge in [-0.05, 0) is 57.0 Å². The van der Waals surface area contributed by atoms with Crippen molar-refractivity contribution in [3.8, 4) is 17.3 Å². The van der Waals surface area contributed by atoms with Crippen LogP contribution >= 0.6 is 11.6 Å². The van der Waals surface area contributed by atoms with Gasteiger partial charge in [-0.1, -0.05) is 41.9 Å². The van der Waals surface area contributed by atoms with Crippen LogP contribution in [0.2, 0.25) is 5.02 Å². The molecular formula is C25H28ClN3O2. The summed E-state index contributed by atoms with van der Waals surface area (Å²) in [7, 11) is 0. The molecule has 1 aliphatic rings. The number of benzene rings is 2. The fourth-order valence-electron chi connectivity index (χ4n) is 3.64. The number of halogens is 1. The molecule has 2 aromatic carbocycles. The van der Waals surface area contributed by atoms with E-state index >= 15 is 0 Å². The number of ether oxygens (including phenoxy) is 1. The van der Waals surface area contributed by atoms with Crippen molar-refractivity contribution in [2.45, 2.75) is 44.9 Å². The quantitative estimate of drug-likeness (QED) is 0.447. The Kier molecular flexibility index (Phi) is 6.19. The molecule has 0 bridgehead atoms. The number of hydrogen-bond acceptors (Lipinski definition) is 4. The van der Waals surface area contributed by atoms with Crippen molar-refractivity contribution in [3.05, 3.63) is 83.5 Å². The van der Waals surface area contributed by atoms with Gasteiger partial charge in [0.05, 0.1) is 22.5 Å². The van der Waals surface area contributed by atoms with E-state index in [0.29, 0.717) is 30.0 Å². The molecule has 5 nitrogen and oxygen atoms in total. The van der Waals surface area contributed by atoms with E-state index < -0.39 is 5.60 Å². The zero-order valence-electron chi connectivity index (χ0n) is 18.0. The molecule has 1 atom stereocenters. The molecule has 3 aromatic rings. The number of hydrogen-bond donors (Lipinski definition) is 1. The summed E-state index contributed by atoms with van der Waals surface area (Å²) >= 11 is 6.25. The first-order chi connectivity index (χ1) is 14.9. The summed E-state index contributed by atoms with van der Waals surface area (Å²) in [6.07, 6.45) is 3.86. The van der Waals surface area contributed by atoms with Gasteiger partial charge in [0, 0.05) is 24.2 Å². The molecular weight excluding hydrogens is 410 g/mol. The number of aryl methyl sites for hydroxylation is 1. The standard InChI is InChI=1S/C25H28ClN3O2/c1-4-25(3,30)17-28(20-13-14-20)16-23-18(2)27-29(21-10-8-9-19(26)15-21)24(23)31-22-11-6-5-7-12-22/h4-12,15,20,30H,1,13-14,16-17H2,2-3H3. The molecule has 0 saturated heterocycles. The lowest BCUT2D eigenvalue weighted by atomic mass is 10.1. The van der Waals surface area contributed by atoms with Crippen molar-refractivity contribution >= 4 is 11.6 Å². The molecule has 1 fully saturated rings. The van der Waals surface area contributed by atoms with Crippen LogP contribution in [0.25, 0.3) is 5.69 Å². The predicted molar refractivity (Wildman–Crippen MR) is 124 cm³/mol. The van der Waals surface area contributed by atoms with E-state index in [-0.39, 0.29) is 0 Å². The van der Waals surface area contributed by atoms with E-state index in [0.717, 1.165) is 35.5 Å². The Bertz CT molecular complexity index is 1060. The highest BCUT2D eigenvalue weighted by Gasteiger charge is 2.34. The van der Waals surface area contributed by atoms with Crippen LogP contribution < -0.4 is 4.74 Å². The van der Waals surface area contributed by atoms with E-state index in [1.165, 1.54) is 0 Å². The summed E-state index contributed by atoms with van der Waals surface area (Å²) in [6, 6.07) is 17.7. The molecule has 4 rings (SSSR count). The molecule has 1 aliphatic carbocycles. The van der Waals surface area contributed by atoms with Crippen LogP contribution in [-0.2, 0) is 6.54 Å². The van der Waals surface area contributed by atoms with Crippen molar-refractivity contribution < 1.29 is 9.84 Å². The summed E-state index contributed by atoms with van der Waals surface area (Å²) in [5.41, 5.74) is 1.76. The van der Waals surface area contributed by atoms with Crippen LogP contribution in [0.5, 0.6) is 11.6 Å². The van der Waals surface area contributed by atoms with Gasteiger partial charge in [-0.3, -0.25) is 4.90 Å². The van der Waals surface area contributed by atoms with Gasteiger partial charge in [0.25, 0.3) is 0 Å². The Morgan fingerprint density at radius 1 is 1.26 bits per heavy atom. The first-order valence-corrected chi connectivity index (χ1v) is 10.9. The summed E-state index contributed by atoms with van der Waals surface area (Å²) in [4.78, 5) is 2.30. The Labute approximate surface area is 188 Å². The van der Waals surface area contributed by atoms with Crippen molar-refractivity contribution in [3.63, 3.8) is 0 Å². The van der Waals surface area contributed by atoms with Crippen LogP contribution in [-0.4, -0.2) is 38.0 Å². The number of nitrogens with zero attached hydrogens (tertiary/aromatic N) is 3. The van der Waals surface area contributed by atoms with Crippen molar-refractivity contribution in [2.24, 2.45) is 0 Å².